The second-order valence-electron chi connectivity index (χ2n) is 7.77. The van der Waals surface area contributed by atoms with Crippen LogP contribution in [0.3, 0.4) is 0 Å². The molecule has 1 atom stereocenters. The number of rotatable bonds is 7. The minimum absolute atomic E-state index is 0.0378. The van der Waals surface area contributed by atoms with Gasteiger partial charge in [0.2, 0.25) is 0 Å². The van der Waals surface area contributed by atoms with E-state index < -0.39 is 0 Å². The van der Waals surface area contributed by atoms with Gasteiger partial charge >= 0.3 is 0 Å². The van der Waals surface area contributed by atoms with Crippen molar-refractivity contribution in [1.82, 2.24) is 15.5 Å². The summed E-state index contributed by atoms with van der Waals surface area (Å²) in [5.41, 5.74) is 3.26. The van der Waals surface area contributed by atoms with Crippen LogP contribution in [0.5, 0.6) is 0 Å². The van der Waals surface area contributed by atoms with Crippen LogP contribution in [-0.4, -0.2) is 56.1 Å². The van der Waals surface area contributed by atoms with E-state index >= 15 is 0 Å². The molecule has 6 nitrogen and oxygen atoms in total. The highest BCUT2D eigenvalue weighted by Crippen LogP contribution is 2.33. The van der Waals surface area contributed by atoms with Gasteiger partial charge in [0.25, 0.3) is 5.91 Å². The number of hydrogen-bond donors (Lipinski definition) is 2. The molecule has 0 spiro atoms. The summed E-state index contributed by atoms with van der Waals surface area (Å²) in [5.74, 6) is 0.701. The van der Waals surface area contributed by atoms with Gasteiger partial charge in [0, 0.05) is 44.5 Å². The van der Waals surface area contributed by atoms with E-state index in [9.17, 15) is 4.79 Å². The van der Waals surface area contributed by atoms with Gasteiger partial charge in [0.15, 0.2) is 0 Å². The SMILES string of the molecule is CC1Cc2ccccc2N1Cc1occc1C(=O)NCCCN1CCNCC1. The third-order valence-corrected chi connectivity index (χ3v) is 5.80. The number of nitrogens with zero attached hydrogens (tertiary/aromatic N) is 2. The van der Waals surface area contributed by atoms with Crippen molar-refractivity contribution in [1.29, 1.82) is 0 Å². The molecule has 2 aromatic rings. The van der Waals surface area contributed by atoms with Gasteiger partial charge in [-0.15, -0.1) is 0 Å². The Morgan fingerprint density at radius 2 is 2.07 bits per heavy atom. The molecular formula is C22H30N4O2. The number of amides is 1. The summed E-state index contributed by atoms with van der Waals surface area (Å²) in [6.45, 7) is 8.86. The minimum Gasteiger partial charge on any atom is -0.467 e. The van der Waals surface area contributed by atoms with Crippen LogP contribution in [0, 0.1) is 0 Å². The lowest BCUT2D eigenvalue weighted by Gasteiger charge is -2.27. The Labute approximate surface area is 166 Å². The number of benzene rings is 1. The van der Waals surface area contributed by atoms with Gasteiger partial charge < -0.3 is 24.9 Å². The van der Waals surface area contributed by atoms with Gasteiger partial charge in [-0.05, 0) is 44.0 Å². The first kappa shape index (κ1) is 19.0. The minimum atomic E-state index is -0.0378. The van der Waals surface area contributed by atoms with Crippen LogP contribution in [0.2, 0.25) is 0 Å². The van der Waals surface area contributed by atoms with Gasteiger partial charge in [-0.3, -0.25) is 4.79 Å². The van der Waals surface area contributed by atoms with E-state index in [4.69, 9.17) is 4.42 Å². The van der Waals surface area contributed by atoms with Crippen LogP contribution in [0.1, 0.15) is 35.0 Å². The van der Waals surface area contributed by atoms with Crippen molar-refractivity contribution in [3.8, 4) is 0 Å². The largest absolute Gasteiger partial charge is 0.467 e. The van der Waals surface area contributed by atoms with Gasteiger partial charge in [-0.1, -0.05) is 18.2 Å². The normalized spacial score (nSPS) is 19.6. The van der Waals surface area contributed by atoms with Crippen LogP contribution in [0.15, 0.2) is 41.0 Å². The number of hydrogen-bond acceptors (Lipinski definition) is 5. The molecule has 1 saturated heterocycles. The average Bonchev–Trinajstić information content (AvgIpc) is 3.31. The Hall–Kier alpha value is -2.31. The Morgan fingerprint density at radius 1 is 1.25 bits per heavy atom. The second-order valence-corrected chi connectivity index (χ2v) is 7.77. The Kier molecular flexibility index (Phi) is 5.98. The maximum atomic E-state index is 12.7. The van der Waals surface area contributed by atoms with E-state index in [2.05, 4.69) is 51.6 Å². The van der Waals surface area contributed by atoms with E-state index in [1.807, 2.05) is 0 Å². The lowest BCUT2D eigenvalue weighted by Crippen LogP contribution is -2.44. The zero-order chi connectivity index (χ0) is 19.3. The molecule has 28 heavy (non-hydrogen) atoms. The van der Waals surface area contributed by atoms with Crippen LogP contribution in [-0.2, 0) is 13.0 Å². The number of carbonyl (C=O) groups excluding carboxylic acids is 1. The van der Waals surface area contributed by atoms with E-state index in [0.717, 1.165) is 51.3 Å². The summed E-state index contributed by atoms with van der Waals surface area (Å²) >= 11 is 0. The fourth-order valence-corrected chi connectivity index (χ4v) is 4.23. The highest BCUT2D eigenvalue weighted by Gasteiger charge is 2.27. The monoisotopic (exact) mass is 382 g/mol. The molecule has 0 bridgehead atoms. The van der Waals surface area contributed by atoms with Gasteiger partial charge in [-0.2, -0.15) is 0 Å². The van der Waals surface area contributed by atoms with E-state index in [1.165, 1.54) is 11.3 Å². The molecule has 150 valence electrons. The molecule has 1 aromatic heterocycles. The van der Waals surface area contributed by atoms with Crippen molar-refractivity contribution in [3.63, 3.8) is 0 Å². The molecule has 6 heteroatoms. The lowest BCUT2D eigenvalue weighted by atomic mass is 10.1. The first-order chi connectivity index (χ1) is 13.7. The highest BCUT2D eigenvalue weighted by atomic mass is 16.3. The van der Waals surface area contributed by atoms with E-state index in [-0.39, 0.29) is 5.91 Å². The highest BCUT2D eigenvalue weighted by molar-refractivity contribution is 5.95. The van der Waals surface area contributed by atoms with Crippen molar-refractivity contribution in [3.05, 3.63) is 53.5 Å². The number of fused-ring (bicyclic) bond motifs is 1. The molecular weight excluding hydrogens is 352 g/mol. The molecule has 3 heterocycles. The summed E-state index contributed by atoms with van der Waals surface area (Å²) in [5, 5.41) is 6.42. The smallest absolute Gasteiger partial charge is 0.254 e. The maximum Gasteiger partial charge on any atom is 0.254 e. The summed E-state index contributed by atoms with van der Waals surface area (Å²) in [6.07, 6.45) is 3.62. The number of para-hydroxylation sites is 1. The van der Waals surface area contributed by atoms with Gasteiger partial charge in [0.05, 0.1) is 18.4 Å². The number of furan rings is 1. The molecule has 0 saturated carbocycles. The number of nitrogens with one attached hydrogen (secondary N) is 2. The fourth-order valence-electron chi connectivity index (χ4n) is 4.23. The zero-order valence-corrected chi connectivity index (χ0v) is 16.6. The zero-order valence-electron chi connectivity index (χ0n) is 16.6. The Balaban J connectivity index is 1.32. The maximum absolute atomic E-state index is 12.7. The average molecular weight is 383 g/mol. The van der Waals surface area contributed by atoms with E-state index in [1.54, 1.807) is 12.3 Å². The third-order valence-electron chi connectivity index (χ3n) is 5.80. The molecule has 2 N–H and O–H groups in total. The molecule has 4 rings (SSSR count). The molecule has 1 aromatic carbocycles. The first-order valence-electron chi connectivity index (χ1n) is 10.3. The molecule has 1 amide bonds. The fraction of sp³-hybridized carbons (Fsp3) is 0.500. The quantitative estimate of drug-likeness (QED) is 0.720. The predicted molar refractivity (Wildman–Crippen MR) is 111 cm³/mol. The standard InChI is InChI=1S/C22H30N4O2/c1-17-15-18-5-2-3-6-20(18)26(17)16-21-19(7-14-28-21)22(27)24-8-4-11-25-12-9-23-10-13-25/h2-3,5-7,14,17,23H,4,8-13,15-16H2,1H3,(H,24,27). The molecule has 1 unspecified atom stereocenters. The summed E-state index contributed by atoms with van der Waals surface area (Å²) in [7, 11) is 0. The molecule has 1 fully saturated rings. The summed E-state index contributed by atoms with van der Waals surface area (Å²) < 4.78 is 5.69. The van der Waals surface area contributed by atoms with E-state index in [0.29, 0.717) is 24.7 Å². The first-order valence-corrected chi connectivity index (χ1v) is 10.3. The molecule has 2 aliphatic heterocycles. The molecule has 2 aliphatic rings. The van der Waals surface area contributed by atoms with Crippen molar-refractivity contribution in [2.75, 3.05) is 44.2 Å². The van der Waals surface area contributed by atoms with Gasteiger partial charge in [0.1, 0.15) is 5.76 Å². The number of anilines is 1. The van der Waals surface area contributed by atoms with Crippen LogP contribution < -0.4 is 15.5 Å². The topological polar surface area (TPSA) is 60.8 Å². The Morgan fingerprint density at radius 3 is 2.93 bits per heavy atom. The summed E-state index contributed by atoms with van der Waals surface area (Å²) in [4.78, 5) is 17.4. The van der Waals surface area contributed by atoms with Crippen LogP contribution in [0.4, 0.5) is 5.69 Å². The van der Waals surface area contributed by atoms with Gasteiger partial charge in [-0.25, -0.2) is 0 Å². The van der Waals surface area contributed by atoms with Crippen molar-refractivity contribution in [2.24, 2.45) is 0 Å². The van der Waals surface area contributed by atoms with Crippen LogP contribution in [0.25, 0.3) is 0 Å². The molecule has 0 radical (unpaired) electrons. The van der Waals surface area contributed by atoms with Crippen LogP contribution >= 0.6 is 0 Å². The third kappa shape index (κ3) is 4.23. The van der Waals surface area contributed by atoms with Crippen molar-refractivity contribution >= 4 is 11.6 Å². The lowest BCUT2D eigenvalue weighted by molar-refractivity contribution is 0.0949. The number of piperazine rings is 1. The Bertz CT molecular complexity index is 797. The van der Waals surface area contributed by atoms with Crippen molar-refractivity contribution in [2.45, 2.75) is 32.4 Å². The number of carbonyl (C=O) groups is 1. The predicted octanol–water partition coefficient (Wildman–Crippen LogP) is 2.26. The summed E-state index contributed by atoms with van der Waals surface area (Å²) in [6, 6.07) is 10.7. The molecule has 0 aliphatic carbocycles. The second kappa shape index (κ2) is 8.80. The van der Waals surface area contributed by atoms with Crippen molar-refractivity contribution < 1.29 is 9.21 Å².